The Bertz CT molecular complexity index is 1130. The molecule has 2 aromatic carbocycles. The minimum atomic E-state index is -0.532. The van der Waals surface area contributed by atoms with Gasteiger partial charge in [0.15, 0.2) is 11.5 Å². The zero-order chi connectivity index (χ0) is 22.0. The summed E-state index contributed by atoms with van der Waals surface area (Å²) in [7, 11) is 1.58. The molecular formula is C23H23N3O5S. The van der Waals surface area contributed by atoms with Gasteiger partial charge >= 0.3 is 0 Å². The molecule has 9 heteroatoms. The SMILES string of the molecule is COc1ccccc1-c1nnc(SCC(=O)Nc2ccc3c(c2)OC2(CCCCC2)O3)o1. The first-order valence-corrected chi connectivity index (χ1v) is 11.5. The van der Waals surface area contributed by atoms with Gasteiger partial charge in [0.05, 0.1) is 18.4 Å². The monoisotopic (exact) mass is 453 g/mol. The van der Waals surface area contributed by atoms with E-state index in [4.69, 9.17) is 18.6 Å². The fourth-order valence-electron chi connectivity index (χ4n) is 3.99. The highest BCUT2D eigenvalue weighted by molar-refractivity contribution is 7.99. The van der Waals surface area contributed by atoms with E-state index in [2.05, 4.69) is 15.5 Å². The summed E-state index contributed by atoms with van der Waals surface area (Å²) in [5.41, 5.74) is 1.36. The van der Waals surface area contributed by atoms with Crippen molar-refractivity contribution in [3.05, 3.63) is 42.5 Å². The quantitative estimate of drug-likeness (QED) is 0.526. The molecule has 3 aromatic rings. The molecule has 0 atom stereocenters. The van der Waals surface area contributed by atoms with Crippen LogP contribution in [0.15, 0.2) is 52.1 Å². The number of fused-ring (bicyclic) bond motifs is 1. The molecule has 0 unspecified atom stereocenters. The number of carbonyl (C=O) groups excluding carboxylic acids is 1. The summed E-state index contributed by atoms with van der Waals surface area (Å²) in [6, 6.07) is 12.9. The van der Waals surface area contributed by atoms with Crippen molar-refractivity contribution in [2.75, 3.05) is 18.2 Å². The zero-order valence-corrected chi connectivity index (χ0v) is 18.4. The van der Waals surface area contributed by atoms with Gasteiger partial charge in [0.2, 0.25) is 5.91 Å². The van der Waals surface area contributed by atoms with Crippen LogP contribution in [0.4, 0.5) is 5.69 Å². The Hall–Kier alpha value is -3.20. The van der Waals surface area contributed by atoms with Gasteiger partial charge in [-0.25, -0.2) is 0 Å². The first kappa shape index (κ1) is 20.7. The number of anilines is 1. The standard InChI is InChI=1S/C23H23N3O5S/c1-28-17-8-4-3-7-16(17)21-25-26-22(29-21)32-14-20(27)24-15-9-10-18-19(13-15)31-23(30-18)11-5-2-6-12-23/h3-4,7-10,13H,2,5-6,11-12,14H2,1H3,(H,24,27). The number of nitrogens with one attached hydrogen (secondary N) is 1. The van der Waals surface area contributed by atoms with Crippen LogP contribution in [0.5, 0.6) is 17.2 Å². The van der Waals surface area contributed by atoms with Crippen molar-refractivity contribution in [3.8, 4) is 28.7 Å². The smallest absolute Gasteiger partial charge is 0.277 e. The summed E-state index contributed by atoms with van der Waals surface area (Å²) in [4.78, 5) is 12.4. The number of methoxy groups -OCH3 is 1. The topological polar surface area (TPSA) is 95.7 Å². The normalized spacial score (nSPS) is 16.2. The Morgan fingerprint density at radius 1 is 1.09 bits per heavy atom. The second kappa shape index (κ2) is 8.74. The Balaban J connectivity index is 1.18. The predicted molar refractivity (Wildman–Crippen MR) is 119 cm³/mol. The van der Waals surface area contributed by atoms with E-state index in [1.165, 1.54) is 18.2 Å². The number of amides is 1. The average Bonchev–Trinajstić information content (AvgIpc) is 3.42. The van der Waals surface area contributed by atoms with Gasteiger partial charge in [-0.15, -0.1) is 10.2 Å². The highest BCUT2D eigenvalue weighted by atomic mass is 32.2. The van der Waals surface area contributed by atoms with Gasteiger partial charge in [-0.3, -0.25) is 4.79 Å². The van der Waals surface area contributed by atoms with E-state index < -0.39 is 5.79 Å². The lowest BCUT2D eigenvalue weighted by molar-refractivity contribution is -0.113. The van der Waals surface area contributed by atoms with Gasteiger partial charge in [-0.05, 0) is 37.1 Å². The van der Waals surface area contributed by atoms with E-state index in [-0.39, 0.29) is 11.7 Å². The van der Waals surface area contributed by atoms with Crippen LogP contribution >= 0.6 is 11.8 Å². The zero-order valence-electron chi connectivity index (χ0n) is 17.6. The molecule has 8 nitrogen and oxygen atoms in total. The molecular weight excluding hydrogens is 430 g/mol. The number of benzene rings is 2. The Morgan fingerprint density at radius 2 is 1.91 bits per heavy atom. The van der Waals surface area contributed by atoms with E-state index in [9.17, 15) is 4.79 Å². The largest absolute Gasteiger partial charge is 0.496 e. The average molecular weight is 454 g/mol. The third kappa shape index (κ3) is 4.25. The summed E-state index contributed by atoms with van der Waals surface area (Å²) in [6.07, 6.45) is 5.19. The molecule has 1 fully saturated rings. The molecule has 0 radical (unpaired) electrons. The molecule has 0 bridgehead atoms. The fraction of sp³-hybridized carbons (Fsp3) is 0.348. The molecule has 1 amide bonds. The second-order valence-electron chi connectivity index (χ2n) is 7.75. The molecule has 1 aliphatic carbocycles. The van der Waals surface area contributed by atoms with Crippen LogP contribution in [0.2, 0.25) is 0 Å². The van der Waals surface area contributed by atoms with Gasteiger partial charge in [0.1, 0.15) is 5.75 Å². The molecule has 1 aromatic heterocycles. The number of aromatic nitrogens is 2. The highest BCUT2D eigenvalue weighted by Gasteiger charge is 2.42. The summed E-state index contributed by atoms with van der Waals surface area (Å²) < 4.78 is 23.2. The first-order chi connectivity index (χ1) is 15.6. The number of thioether (sulfide) groups is 1. The van der Waals surface area contributed by atoms with Gasteiger partial charge in [0.25, 0.3) is 16.9 Å². The minimum Gasteiger partial charge on any atom is -0.496 e. The van der Waals surface area contributed by atoms with Crippen molar-refractivity contribution in [1.29, 1.82) is 0 Å². The summed E-state index contributed by atoms with van der Waals surface area (Å²) in [6.45, 7) is 0. The van der Waals surface area contributed by atoms with Crippen molar-refractivity contribution in [2.45, 2.75) is 43.1 Å². The lowest BCUT2D eigenvalue weighted by Crippen LogP contribution is -2.40. The molecule has 1 spiro atoms. The van der Waals surface area contributed by atoms with E-state index in [1.807, 2.05) is 42.5 Å². The Kier molecular flexibility index (Phi) is 5.65. The molecule has 1 saturated carbocycles. The number of para-hydroxylation sites is 1. The van der Waals surface area contributed by atoms with E-state index in [1.54, 1.807) is 7.11 Å². The molecule has 5 rings (SSSR count). The number of carbonyl (C=O) groups is 1. The molecule has 1 aliphatic heterocycles. The molecule has 2 heterocycles. The lowest BCUT2D eigenvalue weighted by atomic mass is 9.94. The fourth-order valence-corrected chi connectivity index (χ4v) is 4.55. The van der Waals surface area contributed by atoms with Gasteiger partial charge < -0.3 is 23.9 Å². The highest BCUT2D eigenvalue weighted by Crippen LogP contribution is 2.46. The Labute approximate surface area is 189 Å². The van der Waals surface area contributed by atoms with Crippen molar-refractivity contribution >= 4 is 23.4 Å². The maximum absolute atomic E-state index is 12.4. The minimum absolute atomic E-state index is 0.131. The van der Waals surface area contributed by atoms with Crippen molar-refractivity contribution in [3.63, 3.8) is 0 Å². The lowest BCUT2D eigenvalue weighted by Gasteiger charge is -2.31. The van der Waals surface area contributed by atoms with Gasteiger partial charge in [0, 0.05) is 24.6 Å². The first-order valence-electron chi connectivity index (χ1n) is 10.6. The van der Waals surface area contributed by atoms with Crippen molar-refractivity contribution in [2.24, 2.45) is 0 Å². The number of ether oxygens (including phenoxy) is 3. The van der Waals surface area contributed by atoms with E-state index in [0.717, 1.165) is 31.4 Å². The van der Waals surface area contributed by atoms with Crippen LogP contribution in [-0.2, 0) is 4.79 Å². The molecule has 32 heavy (non-hydrogen) atoms. The third-order valence-electron chi connectivity index (χ3n) is 5.51. The molecule has 166 valence electrons. The third-order valence-corrected chi connectivity index (χ3v) is 6.32. The van der Waals surface area contributed by atoms with Crippen LogP contribution < -0.4 is 19.5 Å². The number of hydrogen-bond donors (Lipinski definition) is 1. The Morgan fingerprint density at radius 3 is 2.75 bits per heavy atom. The summed E-state index contributed by atoms with van der Waals surface area (Å²) >= 11 is 1.17. The second-order valence-corrected chi connectivity index (χ2v) is 8.67. The number of rotatable bonds is 6. The van der Waals surface area contributed by atoms with Crippen LogP contribution in [0.1, 0.15) is 32.1 Å². The van der Waals surface area contributed by atoms with Gasteiger partial charge in [-0.2, -0.15) is 0 Å². The molecule has 2 aliphatic rings. The number of hydrogen-bond acceptors (Lipinski definition) is 8. The molecule has 1 N–H and O–H groups in total. The number of nitrogens with zero attached hydrogens (tertiary/aromatic N) is 2. The summed E-state index contributed by atoms with van der Waals surface area (Å²) in [5, 5.41) is 11.3. The van der Waals surface area contributed by atoms with Crippen LogP contribution in [0.3, 0.4) is 0 Å². The van der Waals surface area contributed by atoms with Crippen molar-refractivity contribution in [1.82, 2.24) is 10.2 Å². The summed E-state index contributed by atoms with van der Waals surface area (Å²) in [5.74, 6) is 1.81. The van der Waals surface area contributed by atoms with Crippen LogP contribution in [0, 0.1) is 0 Å². The van der Waals surface area contributed by atoms with Gasteiger partial charge in [-0.1, -0.05) is 30.3 Å². The van der Waals surface area contributed by atoms with Crippen molar-refractivity contribution < 1.29 is 23.4 Å². The maximum atomic E-state index is 12.4. The van der Waals surface area contributed by atoms with Crippen LogP contribution in [-0.4, -0.2) is 34.8 Å². The molecule has 0 saturated heterocycles. The van der Waals surface area contributed by atoms with E-state index in [0.29, 0.717) is 33.9 Å². The maximum Gasteiger partial charge on any atom is 0.277 e. The van der Waals surface area contributed by atoms with E-state index >= 15 is 0 Å². The van der Waals surface area contributed by atoms with Crippen LogP contribution in [0.25, 0.3) is 11.5 Å². The predicted octanol–water partition coefficient (Wildman–Crippen LogP) is 4.91.